The molecular weight excluding hydrogens is 439 g/mol. The van der Waals surface area contributed by atoms with Gasteiger partial charge in [-0.15, -0.1) is 0 Å². The van der Waals surface area contributed by atoms with Crippen LogP contribution >= 0.6 is 23.2 Å². The maximum absolute atomic E-state index is 12.3. The van der Waals surface area contributed by atoms with E-state index < -0.39 is 0 Å². The van der Waals surface area contributed by atoms with Gasteiger partial charge in [-0.05, 0) is 61.0 Å². The predicted molar refractivity (Wildman–Crippen MR) is 119 cm³/mol. The number of halogens is 2. The molecule has 2 aromatic heterocycles. The Kier molecular flexibility index (Phi) is 5.60. The summed E-state index contributed by atoms with van der Waals surface area (Å²) in [7, 11) is 1.55. The molecule has 0 atom stereocenters. The number of nitrogens with zero attached hydrogens (tertiary/aromatic N) is 6. The van der Waals surface area contributed by atoms with Crippen LogP contribution in [0.15, 0.2) is 41.2 Å². The summed E-state index contributed by atoms with van der Waals surface area (Å²) in [5.74, 6) is 0.513. The molecule has 8 nitrogen and oxygen atoms in total. The summed E-state index contributed by atoms with van der Waals surface area (Å²) in [6.45, 7) is 5.90. The van der Waals surface area contributed by atoms with Crippen molar-refractivity contribution in [2.24, 2.45) is 7.05 Å². The van der Waals surface area contributed by atoms with E-state index in [1.165, 1.54) is 9.36 Å². The Morgan fingerprint density at radius 2 is 1.81 bits per heavy atom. The summed E-state index contributed by atoms with van der Waals surface area (Å²) in [6, 6.07) is 11.0. The van der Waals surface area contributed by atoms with Gasteiger partial charge in [0, 0.05) is 12.6 Å². The SMILES string of the molecule is Cc1cccc(-n2nnn(C)c2=O)c1COc1ccc(-n2nc(C)c(Cl)c2C)cc1Cl. The van der Waals surface area contributed by atoms with Crippen LogP contribution < -0.4 is 10.4 Å². The standard InChI is InChI=1S/C21H20Cl2N6O2/c1-12-6-5-7-18(29-21(30)27(4)25-26-29)16(12)11-31-19-9-8-15(10-17(19)22)28-14(3)20(23)13(2)24-28/h5-10H,11H2,1-4H3. The van der Waals surface area contributed by atoms with Crippen molar-refractivity contribution >= 4 is 23.2 Å². The first-order chi connectivity index (χ1) is 14.8. The highest BCUT2D eigenvalue weighted by atomic mass is 35.5. The Hall–Kier alpha value is -3.10. The van der Waals surface area contributed by atoms with Crippen LogP contribution in [-0.2, 0) is 13.7 Å². The van der Waals surface area contributed by atoms with Gasteiger partial charge in [0.25, 0.3) is 0 Å². The summed E-state index contributed by atoms with van der Waals surface area (Å²) in [5, 5.41) is 13.2. The highest BCUT2D eigenvalue weighted by Gasteiger charge is 2.15. The maximum Gasteiger partial charge on any atom is 0.368 e. The zero-order valence-corrected chi connectivity index (χ0v) is 18.9. The lowest BCUT2D eigenvalue weighted by molar-refractivity contribution is 0.305. The van der Waals surface area contributed by atoms with Crippen molar-refractivity contribution in [3.05, 3.63) is 79.4 Å². The van der Waals surface area contributed by atoms with Crippen LogP contribution in [0.5, 0.6) is 5.75 Å². The van der Waals surface area contributed by atoms with E-state index in [0.717, 1.165) is 28.2 Å². The van der Waals surface area contributed by atoms with Gasteiger partial charge in [-0.2, -0.15) is 14.5 Å². The third-order valence-electron chi connectivity index (χ3n) is 5.07. The van der Waals surface area contributed by atoms with Crippen LogP contribution in [0.2, 0.25) is 10.0 Å². The second kappa shape index (κ2) is 8.20. The molecular formula is C21H20Cl2N6O2. The van der Waals surface area contributed by atoms with Crippen molar-refractivity contribution in [2.45, 2.75) is 27.4 Å². The fourth-order valence-electron chi connectivity index (χ4n) is 3.30. The van der Waals surface area contributed by atoms with E-state index in [2.05, 4.69) is 15.5 Å². The van der Waals surface area contributed by atoms with Gasteiger partial charge in [0.1, 0.15) is 12.4 Å². The lowest BCUT2D eigenvalue weighted by atomic mass is 10.1. The maximum atomic E-state index is 12.3. The number of hydrogen-bond donors (Lipinski definition) is 0. The van der Waals surface area contributed by atoms with Gasteiger partial charge in [0.15, 0.2) is 0 Å². The van der Waals surface area contributed by atoms with Crippen LogP contribution in [0.3, 0.4) is 0 Å². The van der Waals surface area contributed by atoms with E-state index in [9.17, 15) is 4.79 Å². The lowest BCUT2D eigenvalue weighted by Crippen LogP contribution is -2.23. The number of benzene rings is 2. The van der Waals surface area contributed by atoms with Crippen LogP contribution in [0, 0.1) is 20.8 Å². The van der Waals surface area contributed by atoms with Crippen LogP contribution in [-0.4, -0.2) is 29.6 Å². The van der Waals surface area contributed by atoms with Crippen LogP contribution in [0.25, 0.3) is 11.4 Å². The summed E-state index contributed by atoms with van der Waals surface area (Å²) in [5.41, 5.74) is 4.42. The van der Waals surface area contributed by atoms with Crippen molar-refractivity contribution in [1.82, 2.24) is 29.6 Å². The predicted octanol–water partition coefficient (Wildman–Crippen LogP) is 3.96. The molecule has 2 heterocycles. The Bertz CT molecular complexity index is 1340. The molecule has 0 aliphatic carbocycles. The molecule has 0 unspecified atom stereocenters. The Balaban J connectivity index is 1.63. The minimum atomic E-state index is -0.335. The number of rotatable bonds is 5. The van der Waals surface area contributed by atoms with E-state index in [1.54, 1.807) is 29.9 Å². The van der Waals surface area contributed by atoms with Gasteiger partial charge in [0.05, 0.1) is 32.8 Å². The zero-order valence-electron chi connectivity index (χ0n) is 17.4. The second-order valence-corrected chi connectivity index (χ2v) is 7.95. The molecule has 31 heavy (non-hydrogen) atoms. The topological polar surface area (TPSA) is 79.8 Å². The Morgan fingerprint density at radius 3 is 2.42 bits per heavy atom. The summed E-state index contributed by atoms with van der Waals surface area (Å²) in [4.78, 5) is 12.3. The second-order valence-electron chi connectivity index (χ2n) is 7.17. The van der Waals surface area contributed by atoms with Gasteiger partial charge >= 0.3 is 5.69 Å². The molecule has 0 spiro atoms. The number of aryl methyl sites for hydroxylation is 3. The first-order valence-corrected chi connectivity index (χ1v) is 10.3. The average molecular weight is 459 g/mol. The molecule has 0 aliphatic rings. The van der Waals surface area contributed by atoms with E-state index in [-0.39, 0.29) is 12.3 Å². The molecule has 4 aromatic rings. The molecule has 0 radical (unpaired) electrons. The van der Waals surface area contributed by atoms with Crippen molar-refractivity contribution < 1.29 is 4.74 Å². The Morgan fingerprint density at radius 1 is 1.03 bits per heavy atom. The van der Waals surface area contributed by atoms with Gasteiger partial charge < -0.3 is 4.74 Å². The quantitative estimate of drug-likeness (QED) is 0.452. The van der Waals surface area contributed by atoms with Crippen molar-refractivity contribution in [3.8, 4) is 17.1 Å². The molecule has 0 aliphatic heterocycles. The van der Waals surface area contributed by atoms with E-state index >= 15 is 0 Å². The van der Waals surface area contributed by atoms with Gasteiger partial charge in [-0.25, -0.2) is 9.48 Å². The van der Waals surface area contributed by atoms with Crippen molar-refractivity contribution in [2.75, 3.05) is 0 Å². The smallest absolute Gasteiger partial charge is 0.368 e. The molecule has 0 fully saturated rings. The third-order valence-corrected chi connectivity index (χ3v) is 5.91. The molecule has 4 rings (SSSR count). The highest BCUT2D eigenvalue weighted by Crippen LogP contribution is 2.30. The van der Waals surface area contributed by atoms with Gasteiger partial charge in [-0.3, -0.25) is 0 Å². The Labute approximate surface area is 188 Å². The zero-order chi connectivity index (χ0) is 22.3. The first kappa shape index (κ1) is 21.1. The molecule has 0 N–H and O–H groups in total. The van der Waals surface area contributed by atoms with Crippen LogP contribution in [0.1, 0.15) is 22.5 Å². The number of hydrogen-bond acceptors (Lipinski definition) is 5. The van der Waals surface area contributed by atoms with Crippen molar-refractivity contribution in [3.63, 3.8) is 0 Å². The number of ether oxygens (including phenoxy) is 1. The molecule has 0 bridgehead atoms. The molecule has 0 saturated carbocycles. The van der Waals surface area contributed by atoms with E-state index in [1.807, 2.05) is 39.0 Å². The number of tetrazole rings is 1. The summed E-state index contributed by atoms with van der Waals surface area (Å²) in [6.07, 6.45) is 0. The molecule has 0 saturated heterocycles. The normalized spacial score (nSPS) is 11.2. The summed E-state index contributed by atoms with van der Waals surface area (Å²) < 4.78 is 10.2. The highest BCUT2D eigenvalue weighted by molar-refractivity contribution is 6.32. The van der Waals surface area contributed by atoms with Gasteiger partial charge in [-0.1, -0.05) is 35.3 Å². The lowest BCUT2D eigenvalue weighted by Gasteiger charge is -2.14. The average Bonchev–Trinajstić information content (AvgIpc) is 3.21. The largest absolute Gasteiger partial charge is 0.487 e. The number of aromatic nitrogens is 6. The van der Waals surface area contributed by atoms with E-state index in [4.69, 9.17) is 27.9 Å². The van der Waals surface area contributed by atoms with Crippen LogP contribution in [0.4, 0.5) is 0 Å². The molecule has 10 heteroatoms. The van der Waals surface area contributed by atoms with Gasteiger partial charge in [0.2, 0.25) is 0 Å². The first-order valence-electron chi connectivity index (χ1n) is 9.50. The fourth-order valence-corrected chi connectivity index (χ4v) is 3.65. The summed E-state index contributed by atoms with van der Waals surface area (Å²) >= 11 is 12.7. The van der Waals surface area contributed by atoms with E-state index in [0.29, 0.717) is 21.5 Å². The fraction of sp³-hybridized carbons (Fsp3) is 0.238. The third kappa shape index (κ3) is 3.84. The minimum Gasteiger partial charge on any atom is -0.487 e. The molecule has 2 aromatic carbocycles. The molecule has 160 valence electrons. The minimum absolute atomic E-state index is 0.204. The molecule has 0 amide bonds. The van der Waals surface area contributed by atoms with Crippen molar-refractivity contribution in [1.29, 1.82) is 0 Å². The monoisotopic (exact) mass is 458 g/mol.